The summed E-state index contributed by atoms with van der Waals surface area (Å²) >= 11 is 0. The summed E-state index contributed by atoms with van der Waals surface area (Å²) in [5.74, 6) is 0.665. The molecule has 148 valence electrons. The molecule has 1 aliphatic carbocycles. The van der Waals surface area contributed by atoms with Gasteiger partial charge in [-0.25, -0.2) is 13.1 Å². The van der Waals surface area contributed by atoms with Crippen molar-refractivity contribution in [2.24, 2.45) is 12.0 Å². The molecule has 2 aromatic rings. The van der Waals surface area contributed by atoms with Crippen molar-refractivity contribution in [1.29, 1.82) is 0 Å². The fourth-order valence-electron chi connectivity index (χ4n) is 2.43. The van der Waals surface area contributed by atoms with E-state index in [9.17, 15) is 8.42 Å². The maximum Gasteiger partial charge on any atom is 0.240 e. The summed E-state index contributed by atoms with van der Waals surface area (Å²) < 4.78 is 28.8. The zero-order valence-electron chi connectivity index (χ0n) is 15.3. The summed E-state index contributed by atoms with van der Waals surface area (Å²) in [4.78, 5) is 4.49. The quantitative estimate of drug-likeness (QED) is 0.300. The summed E-state index contributed by atoms with van der Waals surface area (Å²) in [6.07, 6.45) is 3.60. The second-order valence-electron chi connectivity index (χ2n) is 6.26. The zero-order valence-corrected chi connectivity index (χ0v) is 18.5. The number of guanidine groups is 1. The second kappa shape index (κ2) is 9.51. The van der Waals surface area contributed by atoms with Gasteiger partial charge in [-0.3, -0.25) is 9.67 Å². The van der Waals surface area contributed by atoms with E-state index in [-0.39, 0.29) is 30.0 Å². The minimum atomic E-state index is -3.40. The number of hydrogen-bond acceptors (Lipinski definition) is 4. The number of sulfonamides is 1. The van der Waals surface area contributed by atoms with Crippen LogP contribution < -0.4 is 15.4 Å². The van der Waals surface area contributed by atoms with Gasteiger partial charge in [-0.15, -0.1) is 24.0 Å². The highest BCUT2D eigenvalue weighted by Gasteiger charge is 2.27. The highest BCUT2D eigenvalue weighted by atomic mass is 127. The first kappa shape index (κ1) is 21.6. The molecule has 0 atom stereocenters. The Balaban J connectivity index is 0.00000261. The molecule has 1 aliphatic rings. The third-order valence-electron chi connectivity index (χ3n) is 4.18. The lowest BCUT2D eigenvalue weighted by atomic mass is 10.2. The average Bonchev–Trinajstić information content (AvgIpc) is 3.34. The van der Waals surface area contributed by atoms with Crippen LogP contribution in [0.3, 0.4) is 0 Å². The van der Waals surface area contributed by atoms with E-state index >= 15 is 0 Å². The Kier molecular flexibility index (Phi) is 7.62. The molecule has 8 nitrogen and oxygen atoms in total. The number of aliphatic imine (C=N–C) groups is 1. The van der Waals surface area contributed by atoms with Crippen LogP contribution in [0.25, 0.3) is 0 Å². The van der Waals surface area contributed by atoms with Gasteiger partial charge in [0.1, 0.15) is 0 Å². The van der Waals surface area contributed by atoms with Crippen LogP contribution in [0.4, 0.5) is 0 Å². The van der Waals surface area contributed by atoms with Gasteiger partial charge in [-0.2, -0.15) is 5.10 Å². The van der Waals surface area contributed by atoms with Crippen LogP contribution in [-0.4, -0.2) is 37.2 Å². The lowest BCUT2D eigenvalue weighted by Gasteiger charge is -2.12. The first-order valence-electron chi connectivity index (χ1n) is 8.50. The molecule has 10 heteroatoms. The molecular formula is C17H25IN6O2S. The van der Waals surface area contributed by atoms with E-state index in [1.54, 1.807) is 30.1 Å². The number of aromatic nitrogens is 2. The third-order valence-corrected chi connectivity index (χ3v) is 5.71. The third kappa shape index (κ3) is 6.18. The van der Waals surface area contributed by atoms with Crippen molar-refractivity contribution in [2.45, 2.75) is 36.9 Å². The predicted molar refractivity (Wildman–Crippen MR) is 115 cm³/mol. The second-order valence-corrected chi connectivity index (χ2v) is 7.98. The van der Waals surface area contributed by atoms with Crippen LogP contribution in [0.2, 0.25) is 0 Å². The molecule has 0 unspecified atom stereocenters. The highest BCUT2D eigenvalue weighted by molar-refractivity contribution is 14.0. The molecule has 0 spiro atoms. The van der Waals surface area contributed by atoms with Crippen molar-refractivity contribution >= 4 is 40.0 Å². The van der Waals surface area contributed by atoms with E-state index in [4.69, 9.17) is 0 Å². The molecule has 0 bridgehead atoms. The van der Waals surface area contributed by atoms with E-state index in [1.807, 2.05) is 25.2 Å². The first-order chi connectivity index (χ1) is 12.5. The van der Waals surface area contributed by atoms with E-state index in [2.05, 4.69) is 25.4 Å². The Labute approximate surface area is 176 Å². The molecule has 3 N–H and O–H groups in total. The molecule has 1 aromatic carbocycles. The SMILES string of the molecule is CN=C(NCc1ccc(S(=O)(=O)NC2CC2)cc1)NCc1ccnn1C.I. The Morgan fingerprint density at radius 1 is 1.19 bits per heavy atom. The van der Waals surface area contributed by atoms with Gasteiger partial charge in [0.2, 0.25) is 10.0 Å². The number of aryl methyl sites for hydroxylation is 1. The van der Waals surface area contributed by atoms with Gasteiger partial charge >= 0.3 is 0 Å². The molecule has 0 saturated heterocycles. The summed E-state index contributed by atoms with van der Waals surface area (Å²) in [5, 5.41) is 10.6. The van der Waals surface area contributed by atoms with Crippen molar-refractivity contribution in [3.63, 3.8) is 0 Å². The molecule has 0 aliphatic heterocycles. The van der Waals surface area contributed by atoms with Gasteiger partial charge in [-0.1, -0.05) is 12.1 Å². The molecule has 1 heterocycles. The molecule has 27 heavy (non-hydrogen) atoms. The van der Waals surface area contributed by atoms with Crippen LogP contribution in [0, 0.1) is 0 Å². The van der Waals surface area contributed by atoms with E-state index in [0.29, 0.717) is 23.9 Å². The number of hydrogen-bond donors (Lipinski definition) is 3. The van der Waals surface area contributed by atoms with Crippen LogP contribution in [0.1, 0.15) is 24.1 Å². The van der Waals surface area contributed by atoms with Gasteiger partial charge < -0.3 is 10.6 Å². The Hall–Kier alpha value is -1.66. The molecule has 1 fully saturated rings. The largest absolute Gasteiger partial charge is 0.352 e. The van der Waals surface area contributed by atoms with Crippen LogP contribution >= 0.6 is 24.0 Å². The summed E-state index contributed by atoms with van der Waals surface area (Å²) in [7, 11) is 0.194. The predicted octanol–water partition coefficient (Wildman–Crippen LogP) is 1.34. The van der Waals surface area contributed by atoms with Gasteiger partial charge in [0.05, 0.1) is 17.1 Å². The number of halogens is 1. The molecule has 3 rings (SSSR count). The van der Waals surface area contributed by atoms with Crippen LogP contribution in [0.5, 0.6) is 0 Å². The van der Waals surface area contributed by atoms with Crippen molar-refractivity contribution in [3.05, 3.63) is 47.8 Å². The van der Waals surface area contributed by atoms with Crippen molar-refractivity contribution in [2.75, 3.05) is 7.05 Å². The number of nitrogens with zero attached hydrogens (tertiary/aromatic N) is 3. The van der Waals surface area contributed by atoms with Gasteiger partial charge in [0, 0.05) is 32.9 Å². The van der Waals surface area contributed by atoms with E-state index < -0.39 is 10.0 Å². The Morgan fingerprint density at radius 3 is 2.41 bits per heavy atom. The minimum absolute atomic E-state index is 0. The van der Waals surface area contributed by atoms with Gasteiger partial charge in [0.25, 0.3) is 0 Å². The topological polar surface area (TPSA) is 100 Å². The van der Waals surface area contributed by atoms with E-state index in [1.165, 1.54) is 0 Å². The summed E-state index contributed by atoms with van der Waals surface area (Å²) in [6, 6.07) is 8.93. The number of benzene rings is 1. The lowest BCUT2D eigenvalue weighted by molar-refractivity contribution is 0.581. The zero-order chi connectivity index (χ0) is 18.6. The molecular weight excluding hydrogens is 479 g/mol. The Morgan fingerprint density at radius 2 is 1.85 bits per heavy atom. The first-order valence-corrected chi connectivity index (χ1v) is 9.99. The smallest absolute Gasteiger partial charge is 0.240 e. The molecule has 0 radical (unpaired) electrons. The molecule has 1 saturated carbocycles. The maximum absolute atomic E-state index is 12.2. The number of nitrogens with one attached hydrogen (secondary N) is 3. The minimum Gasteiger partial charge on any atom is -0.352 e. The average molecular weight is 504 g/mol. The lowest BCUT2D eigenvalue weighted by Crippen LogP contribution is -2.36. The van der Waals surface area contributed by atoms with Crippen molar-refractivity contribution in [1.82, 2.24) is 25.1 Å². The normalized spacial score (nSPS) is 14.5. The summed E-state index contributed by atoms with van der Waals surface area (Å²) in [6.45, 7) is 1.15. The summed E-state index contributed by atoms with van der Waals surface area (Å²) in [5.41, 5.74) is 2.02. The standard InChI is InChI=1S/C17H24N6O2S.HI/c1-18-17(20-12-15-9-10-21-23(15)2)19-11-13-3-7-16(8-4-13)26(24,25)22-14-5-6-14;/h3-4,7-10,14,22H,5-6,11-12H2,1-2H3,(H2,18,19,20);1H. The van der Waals surface area contributed by atoms with Gasteiger partial charge in [0.15, 0.2) is 5.96 Å². The molecule has 0 amide bonds. The van der Waals surface area contributed by atoms with Crippen molar-refractivity contribution in [3.8, 4) is 0 Å². The van der Waals surface area contributed by atoms with Gasteiger partial charge in [-0.05, 0) is 36.6 Å². The monoisotopic (exact) mass is 504 g/mol. The van der Waals surface area contributed by atoms with Crippen molar-refractivity contribution < 1.29 is 8.42 Å². The highest BCUT2D eigenvalue weighted by Crippen LogP contribution is 2.22. The fourth-order valence-corrected chi connectivity index (χ4v) is 3.74. The Bertz CT molecular complexity index is 875. The van der Waals surface area contributed by atoms with Crippen LogP contribution in [0.15, 0.2) is 46.4 Å². The number of rotatable bonds is 7. The van der Waals surface area contributed by atoms with Crippen LogP contribution in [-0.2, 0) is 30.2 Å². The molecule has 1 aromatic heterocycles. The maximum atomic E-state index is 12.2. The fraction of sp³-hybridized carbons (Fsp3) is 0.412. The van der Waals surface area contributed by atoms with E-state index in [0.717, 1.165) is 24.1 Å².